The minimum absolute atomic E-state index is 0.176. The van der Waals surface area contributed by atoms with Gasteiger partial charge in [0.05, 0.1) is 0 Å². The minimum atomic E-state index is -0.176. The Morgan fingerprint density at radius 1 is 1.64 bits per heavy atom. The van der Waals surface area contributed by atoms with Crippen LogP contribution in [0, 0.1) is 6.92 Å². The molecule has 0 radical (unpaired) electrons. The van der Waals surface area contributed by atoms with Crippen LogP contribution in [0.25, 0.3) is 11.1 Å². The Bertz CT molecular complexity index is 512. The van der Waals surface area contributed by atoms with Gasteiger partial charge in [-0.25, -0.2) is 4.98 Å². The molecule has 3 N–H and O–H groups in total. The molecule has 0 amide bonds. The van der Waals surface area contributed by atoms with Gasteiger partial charge in [0.25, 0.3) is 5.56 Å². The first kappa shape index (κ1) is 8.96. The van der Waals surface area contributed by atoms with Crippen LogP contribution in [-0.4, -0.2) is 16.5 Å². The third-order valence-electron chi connectivity index (χ3n) is 1.98. The predicted octanol–water partition coefficient (Wildman–Crippen LogP) is 0.326. The number of hydrogen-bond donors (Lipinski definition) is 2. The van der Waals surface area contributed by atoms with Crippen molar-refractivity contribution in [3.8, 4) is 0 Å². The van der Waals surface area contributed by atoms with E-state index in [1.165, 1.54) is 6.07 Å². The molecule has 0 aliphatic rings. The van der Waals surface area contributed by atoms with E-state index in [-0.39, 0.29) is 5.56 Å². The zero-order valence-corrected chi connectivity index (χ0v) is 7.83. The molecule has 2 heterocycles. The molecule has 0 aliphatic heterocycles. The summed E-state index contributed by atoms with van der Waals surface area (Å²) in [6.45, 7) is 2.28. The van der Waals surface area contributed by atoms with Crippen LogP contribution in [0.3, 0.4) is 0 Å². The molecule has 5 heteroatoms. The monoisotopic (exact) mass is 193 g/mol. The number of aromatic amines is 1. The van der Waals surface area contributed by atoms with E-state index >= 15 is 0 Å². The smallest absolute Gasteiger partial charge is 0.252 e. The number of hydrogen-bond acceptors (Lipinski definition) is 4. The van der Waals surface area contributed by atoms with Crippen LogP contribution in [0.4, 0.5) is 0 Å². The summed E-state index contributed by atoms with van der Waals surface area (Å²) in [4.78, 5) is 18.0. The molecule has 0 fully saturated rings. The molecule has 2 rings (SSSR count). The van der Waals surface area contributed by atoms with E-state index in [4.69, 9.17) is 10.2 Å². The minimum Gasteiger partial charge on any atom is -0.440 e. The van der Waals surface area contributed by atoms with Crippen LogP contribution in [-0.2, 0) is 6.42 Å². The van der Waals surface area contributed by atoms with E-state index in [0.717, 1.165) is 5.69 Å². The Morgan fingerprint density at radius 2 is 2.43 bits per heavy atom. The number of rotatable bonds is 2. The van der Waals surface area contributed by atoms with Gasteiger partial charge in [-0.1, -0.05) is 0 Å². The Labute approximate surface area is 79.9 Å². The topological polar surface area (TPSA) is 84.9 Å². The maximum Gasteiger partial charge on any atom is 0.252 e. The van der Waals surface area contributed by atoms with E-state index in [0.29, 0.717) is 30.0 Å². The maximum atomic E-state index is 11.1. The second-order valence-corrected chi connectivity index (χ2v) is 3.12. The summed E-state index contributed by atoms with van der Waals surface area (Å²) in [7, 11) is 0. The lowest BCUT2D eigenvalue weighted by atomic mass is 10.3. The molecule has 2 aromatic heterocycles. The van der Waals surface area contributed by atoms with Gasteiger partial charge in [-0.2, -0.15) is 0 Å². The lowest BCUT2D eigenvalue weighted by Gasteiger charge is -1.89. The number of pyridine rings is 1. The normalized spacial score (nSPS) is 11.0. The van der Waals surface area contributed by atoms with Crippen LogP contribution < -0.4 is 11.3 Å². The molecule has 2 aromatic rings. The van der Waals surface area contributed by atoms with Gasteiger partial charge in [-0.05, 0) is 6.92 Å². The fourth-order valence-corrected chi connectivity index (χ4v) is 1.37. The summed E-state index contributed by atoms with van der Waals surface area (Å²) in [6.07, 6.45) is 0.586. The highest BCUT2D eigenvalue weighted by molar-refractivity contribution is 5.74. The summed E-state index contributed by atoms with van der Waals surface area (Å²) < 4.78 is 5.36. The van der Waals surface area contributed by atoms with Crippen molar-refractivity contribution in [3.05, 3.63) is 28.0 Å². The first-order valence-corrected chi connectivity index (χ1v) is 4.40. The molecule has 0 aliphatic carbocycles. The summed E-state index contributed by atoms with van der Waals surface area (Å²) >= 11 is 0. The van der Waals surface area contributed by atoms with Crippen LogP contribution >= 0.6 is 0 Å². The fourth-order valence-electron chi connectivity index (χ4n) is 1.37. The molecule has 0 saturated carbocycles. The van der Waals surface area contributed by atoms with Gasteiger partial charge >= 0.3 is 0 Å². The second kappa shape index (κ2) is 3.26. The third-order valence-corrected chi connectivity index (χ3v) is 1.98. The highest BCUT2D eigenvalue weighted by atomic mass is 16.3. The zero-order chi connectivity index (χ0) is 10.1. The highest BCUT2D eigenvalue weighted by Gasteiger charge is 2.08. The summed E-state index contributed by atoms with van der Waals surface area (Å²) in [5.74, 6) is 0.574. The quantitative estimate of drug-likeness (QED) is 0.719. The molecule has 0 saturated heterocycles. The van der Waals surface area contributed by atoms with E-state index in [9.17, 15) is 4.79 Å². The van der Waals surface area contributed by atoms with E-state index in [1.807, 2.05) is 0 Å². The Morgan fingerprint density at radius 3 is 3.14 bits per heavy atom. The predicted molar refractivity (Wildman–Crippen MR) is 52.1 cm³/mol. The van der Waals surface area contributed by atoms with Crippen molar-refractivity contribution in [3.63, 3.8) is 0 Å². The number of aromatic nitrogens is 2. The molecule has 0 atom stereocenters. The Hall–Kier alpha value is -1.62. The van der Waals surface area contributed by atoms with Crippen molar-refractivity contribution in [1.29, 1.82) is 0 Å². The first-order valence-electron chi connectivity index (χ1n) is 4.40. The Kier molecular flexibility index (Phi) is 2.09. The number of H-pyrrole nitrogens is 1. The molecule has 0 bridgehead atoms. The van der Waals surface area contributed by atoms with Crippen LogP contribution in [0.15, 0.2) is 15.3 Å². The van der Waals surface area contributed by atoms with Crippen molar-refractivity contribution in [2.75, 3.05) is 6.54 Å². The SMILES string of the molecule is Cc1[nH]c(=O)cc2oc(CCN)nc12. The third kappa shape index (κ3) is 1.42. The van der Waals surface area contributed by atoms with Crippen molar-refractivity contribution in [2.24, 2.45) is 5.73 Å². The number of fused-ring (bicyclic) bond motifs is 1. The van der Waals surface area contributed by atoms with Crippen LogP contribution in [0.2, 0.25) is 0 Å². The molecule has 74 valence electrons. The molecule has 5 nitrogen and oxygen atoms in total. The average molecular weight is 193 g/mol. The van der Waals surface area contributed by atoms with Crippen molar-refractivity contribution < 1.29 is 4.42 Å². The number of oxazole rings is 1. The standard InChI is InChI=1S/C9H11N3O2/c1-5-9-6(4-7(13)11-5)14-8(12-9)2-3-10/h4H,2-3,10H2,1H3,(H,11,13). The van der Waals surface area contributed by atoms with Crippen molar-refractivity contribution >= 4 is 11.1 Å². The van der Waals surface area contributed by atoms with E-state index < -0.39 is 0 Å². The van der Waals surface area contributed by atoms with Gasteiger partial charge < -0.3 is 15.1 Å². The van der Waals surface area contributed by atoms with Gasteiger partial charge in [0.2, 0.25) is 0 Å². The number of aryl methyl sites for hydroxylation is 1. The van der Waals surface area contributed by atoms with E-state index in [2.05, 4.69) is 9.97 Å². The molecule has 0 aromatic carbocycles. The van der Waals surface area contributed by atoms with E-state index in [1.54, 1.807) is 6.92 Å². The van der Waals surface area contributed by atoms with Gasteiger partial charge in [0.1, 0.15) is 5.52 Å². The number of nitrogens with zero attached hydrogens (tertiary/aromatic N) is 1. The zero-order valence-electron chi connectivity index (χ0n) is 7.83. The molecule has 14 heavy (non-hydrogen) atoms. The van der Waals surface area contributed by atoms with Gasteiger partial charge in [-0.3, -0.25) is 4.79 Å². The van der Waals surface area contributed by atoms with Crippen LogP contribution in [0.5, 0.6) is 0 Å². The lowest BCUT2D eigenvalue weighted by molar-refractivity contribution is 0.531. The van der Waals surface area contributed by atoms with Crippen LogP contribution in [0.1, 0.15) is 11.6 Å². The number of nitrogens with two attached hydrogens (primary N) is 1. The first-order chi connectivity index (χ1) is 6.70. The maximum absolute atomic E-state index is 11.1. The molecule has 0 unspecified atom stereocenters. The summed E-state index contributed by atoms with van der Waals surface area (Å²) in [5, 5.41) is 0. The van der Waals surface area contributed by atoms with Gasteiger partial charge in [0, 0.05) is 24.7 Å². The fraction of sp³-hybridized carbons (Fsp3) is 0.333. The van der Waals surface area contributed by atoms with Gasteiger partial charge in [-0.15, -0.1) is 0 Å². The molecular formula is C9H11N3O2. The summed E-state index contributed by atoms with van der Waals surface area (Å²) in [5.41, 5.74) is 7.15. The second-order valence-electron chi connectivity index (χ2n) is 3.12. The largest absolute Gasteiger partial charge is 0.440 e. The van der Waals surface area contributed by atoms with Crippen molar-refractivity contribution in [1.82, 2.24) is 9.97 Å². The highest BCUT2D eigenvalue weighted by Crippen LogP contribution is 2.15. The van der Waals surface area contributed by atoms with Crippen molar-refractivity contribution in [2.45, 2.75) is 13.3 Å². The van der Waals surface area contributed by atoms with Gasteiger partial charge in [0.15, 0.2) is 11.5 Å². The Balaban J connectivity index is 2.64. The number of nitrogens with one attached hydrogen (secondary N) is 1. The average Bonchev–Trinajstić information content (AvgIpc) is 2.48. The summed E-state index contributed by atoms with van der Waals surface area (Å²) in [6, 6.07) is 1.40. The lowest BCUT2D eigenvalue weighted by Crippen LogP contribution is -2.04. The molecular weight excluding hydrogens is 182 g/mol. The molecule has 0 spiro atoms.